The Hall–Kier alpha value is -3.88. The summed E-state index contributed by atoms with van der Waals surface area (Å²) in [4.78, 5) is 24.6. The van der Waals surface area contributed by atoms with Crippen LogP contribution in [-0.4, -0.2) is 40.7 Å². The second kappa shape index (κ2) is 10.6. The van der Waals surface area contributed by atoms with E-state index in [1.54, 1.807) is 24.4 Å². The number of hydrogen-bond donors (Lipinski definition) is 4. The first-order chi connectivity index (χ1) is 14.6. The van der Waals surface area contributed by atoms with Crippen molar-refractivity contribution in [3.05, 3.63) is 60.6 Å². The highest BCUT2D eigenvalue weighted by atomic mass is 16.5. The average Bonchev–Trinajstić information content (AvgIpc) is 2.73. The van der Waals surface area contributed by atoms with E-state index in [0.29, 0.717) is 42.8 Å². The number of hydrogen-bond acceptors (Lipinski definition) is 7. The topological polar surface area (TPSA) is 113 Å². The number of carbonyl (C=O) groups is 1. The van der Waals surface area contributed by atoms with E-state index in [0.717, 1.165) is 11.3 Å². The first-order valence-corrected chi connectivity index (χ1v) is 9.65. The standard InChI is InChI=1S/C21H25N7O2/c1-3-30-17-6-4-16(5-7-17)27-21(29)24-11-10-23-18-13-20(26-14-25-18)28-19-12-15(2)8-9-22-19/h4-9,12-14H,3,10-11H2,1-2H3,(H2,24,27,29)(H2,22,23,25,26,28). The molecule has 0 atom stereocenters. The lowest BCUT2D eigenvalue weighted by Crippen LogP contribution is -2.32. The van der Waals surface area contributed by atoms with Crippen molar-refractivity contribution in [3.63, 3.8) is 0 Å². The Kier molecular flexibility index (Phi) is 7.37. The molecule has 3 aromatic rings. The Balaban J connectivity index is 1.41. The van der Waals surface area contributed by atoms with Crippen LogP contribution in [0.4, 0.5) is 27.9 Å². The third kappa shape index (κ3) is 6.62. The summed E-state index contributed by atoms with van der Waals surface area (Å²) in [5.41, 5.74) is 1.80. The largest absolute Gasteiger partial charge is 0.494 e. The molecule has 156 valence electrons. The predicted octanol–water partition coefficient (Wildman–Crippen LogP) is 3.56. The van der Waals surface area contributed by atoms with Crippen molar-refractivity contribution in [2.75, 3.05) is 35.6 Å². The molecule has 2 aromatic heterocycles. The molecule has 0 unspecified atom stereocenters. The number of anilines is 4. The van der Waals surface area contributed by atoms with Gasteiger partial charge in [0.2, 0.25) is 0 Å². The molecule has 0 fully saturated rings. The van der Waals surface area contributed by atoms with Crippen LogP contribution in [0.15, 0.2) is 55.0 Å². The van der Waals surface area contributed by atoms with Gasteiger partial charge < -0.3 is 26.0 Å². The second-order valence-electron chi connectivity index (χ2n) is 6.40. The van der Waals surface area contributed by atoms with E-state index in [1.165, 1.54) is 6.33 Å². The molecule has 0 radical (unpaired) electrons. The minimum absolute atomic E-state index is 0.281. The monoisotopic (exact) mass is 407 g/mol. The molecule has 30 heavy (non-hydrogen) atoms. The zero-order chi connectivity index (χ0) is 21.2. The van der Waals surface area contributed by atoms with Crippen molar-refractivity contribution < 1.29 is 9.53 Å². The first kappa shape index (κ1) is 20.8. The molecule has 2 amide bonds. The quantitative estimate of drug-likeness (QED) is 0.401. The number of pyridine rings is 1. The molecule has 1 aromatic carbocycles. The lowest BCUT2D eigenvalue weighted by molar-refractivity contribution is 0.252. The van der Waals surface area contributed by atoms with Crippen LogP contribution in [0.25, 0.3) is 0 Å². The van der Waals surface area contributed by atoms with Crippen molar-refractivity contribution in [1.82, 2.24) is 20.3 Å². The maximum absolute atomic E-state index is 12.0. The fourth-order valence-electron chi connectivity index (χ4n) is 2.60. The summed E-state index contributed by atoms with van der Waals surface area (Å²) < 4.78 is 5.38. The Morgan fingerprint density at radius 3 is 2.50 bits per heavy atom. The minimum Gasteiger partial charge on any atom is -0.494 e. The van der Waals surface area contributed by atoms with Gasteiger partial charge in [0.15, 0.2) is 0 Å². The summed E-state index contributed by atoms with van der Waals surface area (Å²) >= 11 is 0. The van der Waals surface area contributed by atoms with E-state index in [9.17, 15) is 4.79 Å². The molecular formula is C21H25N7O2. The highest BCUT2D eigenvalue weighted by molar-refractivity contribution is 5.89. The fraction of sp³-hybridized carbons (Fsp3) is 0.238. The van der Waals surface area contributed by atoms with E-state index < -0.39 is 0 Å². The zero-order valence-electron chi connectivity index (χ0n) is 17.0. The van der Waals surface area contributed by atoms with Gasteiger partial charge in [0, 0.05) is 31.0 Å². The molecule has 4 N–H and O–H groups in total. The number of nitrogens with zero attached hydrogens (tertiary/aromatic N) is 3. The molecule has 0 spiro atoms. The lowest BCUT2D eigenvalue weighted by atomic mass is 10.3. The Morgan fingerprint density at radius 2 is 1.73 bits per heavy atom. The van der Waals surface area contributed by atoms with Gasteiger partial charge in [-0.3, -0.25) is 0 Å². The van der Waals surface area contributed by atoms with Crippen LogP contribution < -0.4 is 26.0 Å². The predicted molar refractivity (Wildman–Crippen MR) is 117 cm³/mol. The van der Waals surface area contributed by atoms with E-state index in [2.05, 4.69) is 36.2 Å². The number of amides is 2. The van der Waals surface area contributed by atoms with E-state index in [-0.39, 0.29) is 6.03 Å². The molecule has 3 rings (SSSR count). The summed E-state index contributed by atoms with van der Waals surface area (Å²) in [5, 5.41) is 11.9. The molecular weight excluding hydrogens is 382 g/mol. The average molecular weight is 407 g/mol. The summed E-state index contributed by atoms with van der Waals surface area (Å²) in [7, 11) is 0. The molecule has 0 aliphatic rings. The van der Waals surface area contributed by atoms with Crippen molar-refractivity contribution in [1.29, 1.82) is 0 Å². The zero-order valence-corrected chi connectivity index (χ0v) is 17.0. The van der Waals surface area contributed by atoms with Crippen molar-refractivity contribution in [2.24, 2.45) is 0 Å². The molecule has 0 saturated heterocycles. The number of ether oxygens (including phenoxy) is 1. The number of carbonyl (C=O) groups excluding carboxylic acids is 1. The Morgan fingerprint density at radius 1 is 0.967 bits per heavy atom. The first-order valence-electron chi connectivity index (χ1n) is 9.65. The number of aryl methyl sites for hydroxylation is 1. The van der Waals surface area contributed by atoms with Gasteiger partial charge >= 0.3 is 6.03 Å². The van der Waals surface area contributed by atoms with Crippen LogP contribution in [0, 0.1) is 6.92 Å². The van der Waals surface area contributed by atoms with Gasteiger partial charge in [-0.2, -0.15) is 0 Å². The molecule has 0 aliphatic heterocycles. The van der Waals surface area contributed by atoms with Crippen LogP contribution in [0.5, 0.6) is 5.75 Å². The van der Waals surface area contributed by atoms with Crippen molar-refractivity contribution >= 4 is 29.2 Å². The minimum atomic E-state index is -0.281. The van der Waals surface area contributed by atoms with Crippen LogP contribution in [-0.2, 0) is 0 Å². The van der Waals surface area contributed by atoms with Crippen molar-refractivity contribution in [3.8, 4) is 5.75 Å². The maximum atomic E-state index is 12.0. The SMILES string of the molecule is CCOc1ccc(NC(=O)NCCNc2cc(Nc3cc(C)ccn3)ncn2)cc1. The maximum Gasteiger partial charge on any atom is 0.319 e. The van der Waals surface area contributed by atoms with Gasteiger partial charge in [0.05, 0.1) is 6.61 Å². The molecule has 0 saturated carbocycles. The normalized spacial score (nSPS) is 10.2. The Bertz CT molecular complexity index is 964. The number of nitrogens with one attached hydrogen (secondary N) is 4. The van der Waals surface area contributed by atoms with E-state index in [4.69, 9.17) is 4.74 Å². The van der Waals surface area contributed by atoms with Crippen LogP contribution in [0.3, 0.4) is 0 Å². The van der Waals surface area contributed by atoms with Crippen molar-refractivity contribution in [2.45, 2.75) is 13.8 Å². The summed E-state index contributed by atoms with van der Waals surface area (Å²) in [6, 6.07) is 12.6. The number of aromatic nitrogens is 3. The molecule has 0 bridgehead atoms. The van der Waals surface area contributed by atoms with Crippen LogP contribution in [0.1, 0.15) is 12.5 Å². The Labute approximate surface area is 175 Å². The highest BCUT2D eigenvalue weighted by Crippen LogP contribution is 2.16. The smallest absolute Gasteiger partial charge is 0.319 e. The molecule has 0 aliphatic carbocycles. The van der Waals surface area contributed by atoms with Gasteiger partial charge in [-0.15, -0.1) is 0 Å². The third-order valence-corrected chi connectivity index (χ3v) is 3.98. The molecule has 2 heterocycles. The fourth-order valence-corrected chi connectivity index (χ4v) is 2.60. The summed E-state index contributed by atoms with van der Waals surface area (Å²) in [6.45, 7) is 5.46. The van der Waals surface area contributed by atoms with Gasteiger partial charge in [0.1, 0.15) is 29.5 Å². The van der Waals surface area contributed by atoms with Gasteiger partial charge in [-0.05, 0) is 55.8 Å². The van der Waals surface area contributed by atoms with Gasteiger partial charge in [-0.25, -0.2) is 19.7 Å². The van der Waals surface area contributed by atoms with Gasteiger partial charge in [-0.1, -0.05) is 0 Å². The highest BCUT2D eigenvalue weighted by Gasteiger charge is 2.03. The second-order valence-corrected chi connectivity index (χ2v) is 6.40. The van der Waals surface area contributed by atoms with E-state index in [1.807, 2.05) is 38.1 Å². The summed E-state index contributed by atoms with van der Waals surface area (Å²) in [6.07, 6.45) is 3.20. The molecule has 9 heteroatoms. The number of rotatable bonds is 9. The third-order valence-electron chi connectivity index (χ3n) is 3.98. The summed E-state index contributed by atoms with van der Waals surface area (Å²) in [5.74, 6) is 2.76. The number of urea groups is 1. The van der Waals surface area contributed by atoms with E-state index >= 15 is 0 Å². The van der Waals surface area contributed by atoms with Crippen LogP contribution >= 0.6 is 0 Å². The van der Waals surface area contributed by atoms with Gasteiger partial charge in [0.25, 0.3) is 0 Å². The molecule has 9 nitrogen and oxygen atoms in total. The number of benzene rings is 1. The van der Waals surface area contributed by atoms with Crippen LogP contribution in [0.2, 0.25) is 0 Å². The lowest BCUT2D eigenvalue weighted by Gasteiger charge is -2.10.